The Bertz CT molecular complexity index is 1230. The van der Waals surface area contributed by atoms with Crippen molar-refractivity contribution in [2.45, 2.75) is 13.5 Å². The smallest absolute Gasteiger partial charge is 0.223 e. The van der Waals surface area contributed by atoms with Crippen molar-refractivity contribution >= 4 is 27.6 Å². The predicted octanol–water partition coefficient (Wildman–Crippen LogP) is 2.30. The SMILES string of the molecule is Cc1nc(Cn2cc3c(n2)c(N)nc2cc(-c4cc[nH]n4)ccc23)no1. The lowest BCUT2D eigenvalue weighted by atomic mass is 10.1. The first kappa shape index (κ1) is 14.6. The van der Waals surface area contributed by atoms with Crippen molar-refractivity contribution in [2.75, 3.05) is 5.73 Å². The van der Waals surface area contributed by atoms with Crippen LogP contribution in [0.4, 0.5) is 5.82 Å². The van der Waals surface area contributed by atoms with E-state index in [4.69, 9.17) is 10.3 Å². The van der Waals surface area contributed by atoms with Gasteiger partial charge in [0, 0.05) is 35.7 Å². The van der Waals surface area contributed by atoms with Crippen LogP contribution in [-0.4, -0.2) is 35.1 Å². The lowest BCUT2D eigenvalue weighted by Gasteiger charge is -2.03. The normalized spacial score (nSPS) is 11.6. The van der Waals surface area contributed by atoms with Gasteiger partial charge in [-0.1, -0.05) is 17.3 Å². The van der Waals surface area contributed by atoms with Gasteiger partial charge in [0.05, 0.1) is 11.2 Å². The minimum Gasteiger partial charge on any atom is -0.382 e. The number of hydrogen-bond donors (Lipinski definition) is 2. The number of nitrogens with zero attached hydrogens (tertiary/aromatic N) is 6. The maximum atomic E-state index is 6.14. The average Bonchev–Trinajstić information content (AvgIpc) is 3.36. The number of rotatable bonds is 3. The summed E-state index contributed by atoms with van der Waals surface area (Å²) >= 11 is 0. The Labute approximate surface area is 146 Å². The van der Waals surface area contributed by atoms with Gasteiger partial charge in [-0.15, -0.1) is 0 Å². The van der Waals surface area contributed by atoms with Gasteiger partial charge in [-0.3, -0.25) is 9.78 Å². The first-order chi connectivity index (χ1) is 12.7. The Morgan fingerprint density at radius 1 is 1.19 bits per heavy atom. The van der Waals surface area contributed by atoms with Crippen molar-refractivity contribution in [1.82, 2.24) is 35.1 Å². The monoisotopic (exact) mass is 346 g/mol. The fourth-order valence-corrected chi connectivity index (χ4v) is 3.05. The number of anilines is 1. The van der Waals surface area contributed by atoms with Crippen LogP contribution in [0.5, 0.6) is 0 Å². The minimum atomic E-state index is 0.384. The fraction of sp³-hybridized carbons (Fsp3) is 0.118. The Morgan fingerprint density at radius 2 is 2.12 bits per heavy atom. The number of fused-ring (bicyclic) bond motifs is 3. The van der Waals surface area contributed by atoms with Crippen molar-refractivity contribution in [3.05, 3.63) is 48.4 Å². The zero-order chi connectivity index (χ0) is 17.7. The Kier molecular flexibility index (Phi) is 3.02. The van der Waals surface area contributed by atoms with Crippen LogP contribution in [0.15, 0.2) is 41.2 Å². The Hall–Kier alpha value is -3.75. The van der Waals surface area contributed by atoms with Crippen LogP contribution in [0.3, 0.4) is 0 Å². The summed E-state index contributed by atoms with van der Waals surface area (Å²) in [7, 11) is 0. The molecule has 128 valence electrons. The molecule has 4 heterocycles. The van der Waals surface area contributed by atoms with E-state index in [1.807, 2.05) is 30.5 Å². The summed E-state index contributed by atoms with van der Waals surface area (Å²) in [5.74, 6) is 1.47. The topological polar surface area (TPSA) is 124 Å². The molecule has 0 aliphatic heterocycles. The third-order valence-corrected chi connectivity index (χ3v) is 4.20. The van der Waals surface area contributed by atoms with E-state index in [1.54, 1.807) is 17.8 Å². The van der Waals surface area contributed by atoms with Crippen LogP contribution in [0.1, 0.15) is 11.7 Å². The quantitative estimate of drug-likeness (QED) is 0.513. The van der Waals surface area contributed by atoms with Gasteiger partial charge in [-0.25, -0.2) is 4.98 Å². The number of aromatic nitrogens is 7. The summed E-state index contributed by atoms with van der Waals surface area (Å²) in [4.78, 5) is 8.72. The molecule has 0 aliphatic carbocycles. The summed E-state index contributed by atoms with van der Waals surface area (Å²) in [6.45, 7) is 2.15. The highest BCUT2D eigenvalue weighted by molar-refractivity contribution is 6.08. The van der Waals surface area contributed by atoms with Crippen molar-refractivity contribution in [1.29, 1.82) is 0 Å². The number of aryl methyl sites for hydroxylation is 1. The number of benzene rings is 1. The van der Waals surface area contributed by atoms with E-state index in [1.165, 1.54) is 0 Å². The van der Waals surface area contributed by atoms with Crippen LogP contribution in [0.25, 0.3) is 33.1 Å². The third kappa shape index (κ3) is 2.29. The number of nitrogens with two attached hydrogens (primary N) is 1. The van der Waals surface area contributed by atoms with Crippen molar-refractivity contribution < 1.29 is 4.52 Å². The summed E-state index contributed by atoms with van der Waals surface area (Å²) in [5.41, 5.74) is 9.43. The Morgan fingerprint density at radius 3 is 2.88 bits per heavy atom. The van der Waals surface area contributed by atoms with Gasteiger partial charge in [-0.05, 0) is 12.1 Å². The molecule has 1 aromatic carbocycles. The number of aromatic amines is 1. The van der Waals surface area contributed by atoms with Gasteiger partial charge in [0.25, 0.3) is 0 Å². The van der Waals surface area contributed by atoms with Gasteiger partial charge in [0.1, 0.15) is 12.1 Å². The van der Waals surface area contributed by atoms with Crippen LogP contribution < -0.4 is 5.73 Å². The molecule has 5 aromatic rings. The second-order valence-corrected chi connectivity index (χ2v) is 6.01. The number of pyridine rings is 1. The molecule has 0 spiro atoms. The van der Waals surface area contributed by atoms with Crippen molar-refractivity contribution in [2.24, 2.45) is 0 Å². The highest BCUT2D eigenvalue weighted by Crippen LogP contribution is 2.30. The van der Waals surface area contributed by atoms with E-state index in [2.05, 4.69) is 30.4 Å². The summed E-state index contributed by atoms with van der Waals surface area (Å²) < 4.78 is 6.75. The minimum absolute atomic E-state index is 0.384. The Balaban J connectivity index is 1.64. The third-order valence-electron chi connectivity index (χ3n) is 4.20. The van der Waals surface area contributed by atoms with Crippen molar-refractivity contribution in [3.8, 4) is 11.3 Å². The molecule has 0 amide bonds. The zero-order valence-electron chi connectivity index (χ0n) is 13.8. The molecule has 0 saturated heterocycles. The molecule has 0 unspecified atom stereocenters. The molecule has 0 saturated carbocycles. The second-order valence-electron chi connectivity index (χ2n) is 6.01. The maximum Gasteiger partial charge on any atom is 0.223 e. The molecule has 4 aromatic heterocycles. The lowest BCUT2D eigenvalue weighted by Crippen LogP contribution is -2.02. The number of nitrogen functional groups attached to an aromatic ring is 1. The molecule has 9 heteroatoms. The van der Waals surface area contributed by atoms with E-state index < -0.39 is 0 Å². The van der Waals surface area contributed by atoms with Gasteiger partial charge < -0.3 is 10.3 Å². The van der Waals surface area contributed by atoms with E-state index in [0.29, 0.717) is 29.6 Å². The summed E-state index contributed by atoms with van der Waals surface area (Å²) in [6.07, 6.45) is 3.71. The lowest BCUT2D eigenvalue weighted by molar-refractivity contribution is 0.385. The van der Waals surface area contributed by atoms with Crippen LogP contribution in [-0.2, 0) is 6.54 Å². The maximum absolute atomic E-state index is 6.14. The molecule has 3 N–H and O–H groups in total. The molecular weight excluding hydrogens is 332 g/mol. The molecule has 9 nitrogen and oxygen atoms in total. The molecular formula is C17H14N8O. The predicted molar refractivity (Wildman–Crippen MR) is 95.2 cm³/mol. The van der Waals surface area contributed by atoms with E-state index in [-0.39, 0.29) is 0 Å². The fourth-order valence-electron chi connectivity index (χ4n) is 3.05. The molecule has 0 bridgehead atoms. The first-order valence-corrected chi connectivity index (χ1v) is 8.03. The van der Waals surface area contributed by atoms with Crippen molar-refractivity contribution in [3.63, 3.8) is 0 Å². The zero-order valence-corrected chi connectivity index (χ0v) is 13.8. The van der Waals surface area contributed by atoms with E-state index in [9.17, 15) is 0 Å². The first-order valence-electron chi connectivity index (χ1n) is 8.03. The molecule has 26 heavy (non-hydrogen) atoms. The van der Waals surface area contributed by atoms with E-state index in [0.717, 1.165) is 27.5 Å². The second kappa shape index (κ2) is 5.38. The molecule has 0 atom stereocenters. The summed E-state index contributed by atoms with van der Waals surface area (Å²) in [6, 6.07) is 7.91. The van der Waals surface area contributed by atoms with Crippen LogP contribution in [0.2, 0.25) is 0 Å². The van der Waals surface area contributed by atoms with Gasteiger partial charge in [0.15, 0.2) is 11.6 Å². The van der Waals surface area contributed by atoms with E-state index >= 15 is 0 Å². The highest BCUT2D eigenvalue weighted by Gasteiger charge is 2.13. The number of hydrogen-bond acceptors (Lipinski definition) is 7. The highest BCUT2D eigenvalue weighted by atomic mass is 16.5. The summed E-state index contributed by atoms with van der Waals surface area (Å²) in [5, 5.41) is 17.4. The van der Waals surface area contributed by atoms with Gasteiger partial charge in [0.2, 0.25) is 5.89 Å². The van der Waals surface area contributed by atoms with Gasteiger partial charge in [-0.2, -0.15) is 15.2 Å². The van der Waals surface area contributed by atoms with Crippen LogP contribution in [0, 0.1) is 6.92 Å². The number of H-pyrrole nitrogens is 1. The largest absolute Gasteiger partial charge is 0.382 e. The molecule has 0 fully saturated rings. The molecule has 0 aliphatic rings. The number of nitrogens with one attached hydrogen (secondary N) is 1. The standard InChI is InChI=1S/C17H14N8O/c1-9-20-15(24-26-9)8-25-7-12-11-3-2-10(13-4-5-19-22-13)6-14(11)21-17(18)16(12)23-25/h2-7H,8H2,1H3,(H2,18,21)(H,19,22). The molecule has 0 radical (unpaired) electrons. The van der Waals surface area contributed by atoms with Crippen LogP contribution >= 0.6 is 0 Å². The molecule has 5 rings (SSSR count). The average molecular weight is 346 g/mol. The van der Waals surface area contributed by atoms with Gasteiger partial charge >= 0.3 is 0 Å².